The van der Waals surface area contributed by atoms with Crippen molar-refractivity contribution in [1.29, 1.82) is 0 Å². The number of carbonyl (C=O) groups is 7. The number of carboxylic acid groups (broad SMARTS) is 1. The maximum Gasteiger partial charge on any atom is 0.341 e. The van der Waals surface area contributed by atoms with E-state index in [9.17, 15) is 48.9 Å². The van der Waals surface area contributed by atoms with Gasteiger partial charge in [-0.3, -0.25) is 33.6 Å². The summed E-state index contributed by atoms with van der Waals surface area (Å²) in [7, 11) is 2.34. The van der Waals surface area contributed by atoms with E-state index < -0.39 is 105 Å². The Morgan fingerprint density at radius 3 is 2.22 bits per heavy atom. The summed E-state index contributed by atoms with van der Waals surface area (Å²) in [6.45, 7) is 17.5. The summed E-state index contributed by atoms with van der Waals surface area (Å²) in [4.78, 5) is 112. The molecule has 2 aliphatic heterocycles. The first-order chi connectivity index (χ1) is 39.0. The number of likely N-dealkylation sites (N-methyl/N-ethyl adjacent to an activating group) is 1. The van der Waals surface area contributed by atoms with Gasteiger partial charge in [-0.25, -0.2) is 9.18 Å². The van der Waals surface area contributed by atoms with Crippen molar-refractivity contribution in [3.8, 4) is 17.2 Å². The van der Waals surface area contributed by atoms with Crippen LogP contribution < -0.4 is 30.4 Å². The number of Topliss-reactive ketones (excluding diaryl/α,β-unsaturated/α-hetero) is 3. The maximum absolute atomic E-state index is 16.2. The fourth-order valence-electron chi connectivity index (χ4n) is 10.3. The van der Waals surface area contributed by atoms with E-state index >= 15 is 9.18 Å². The number of esters is 1. The second-order valence-electron chi connectivity index (χ2n) is 20.4. The lowest BCUT2D eigenvalue weighted by atomic mass is 9.82. The number of carboxylic acids is 1. The van der Waals surface area contributed by atoms with Crippen LogP contribution in [0.4, 0.5) is 10.1 Å². The van der Waals surface area contributed by atoms with E-state index in [0.717, 1.165) is 26.0 Å². The molecule has 6 N–H and O–H groups in total. The van der Waals surface area contributed by atoms with Crippen LogP contribution in [0.25, 0.3) is 10.9 Å². The highest BCUT2D eigenvalue weighted by Gasteiger charge is 2.48. The third-order valence-corrected chi connectivity index (χ3v) is 14.5. The Morgan fingerprint density at radius 1 is 0.976 bits per heavy atom. The molecule has 446 valence electrons. The van der Waals surface area contributed by atoms with Crippen LogP contribution >= 0.6 is 0 Å². The number of aromatic carboxylic acids is 1. The van der Waals surface area contributed by atoms with Crippen molar-refractivity contribution in [2.75, 3.05) is 45.3 Å². The SMILES string of the molecule is C/C=C/OC1Oc2c(C)c(O)c3c(c2C1=O)C(=O)C(N1CCC(C(=O)NC(C)CN(CC)c2c(F)cc4c(=O)c(C(=O)O)cn(C5CC5)c4c2OC)CC1)=C(NC(=O)/C(C)=C\C=C\C(C)CCC(O)CC(C)OC(C)=O)C3=O.CC.CO. The van der Waals surface area contributed by atoms with Crippen molar-refractivity contribution >= 4 is 57.7 Å². The smallest absolute Gasteiger partial charge is 0.341 e. The number of aliphatic hydroxyl groups excluding tert-OH is 2. The Hall–Kier alpha value is -7.85. The van der Waals surface area contributed by atoms with Gasteiger partial charge in [0, 0.05) is 82.0 Å². The number of hydrogen-bond acceptors (Lipinski definition) is 17. The summed E-state index contributed by atoms with van der Waals surface area (Å²) < 4.78 is 40.1. The van der Waals surface area contributed by atoms with Crippen molar-refractivity contribution in [1.82, 2.24) is 20.1 Å². The van der Waals surface area contributed by atoms with Crippen molar-refractivity contribution in [3.05, 3.63) is 104 Å². The highest BCUT2D eigenvalue weighted by Crippen LogP contribution is 2.47. The topological polar surface area (TPSA) is 290 Å². The molecule has 82 heavy (non-hydrogen) atoms. The largest absolute Gasteiger partial charge is 0.507 e. The number of ketones is 3. The van der Waals surface area contributed by atoms with Crippen LogP contribution in [-0.4, -0.2) is 136 Å². The Kier molecular flexibility index (Phi) is 22.8. The van der Waals surface area contributed by atoms with Crippen LogP contribution in [-0.2, 0) is 23.9 Å². The number of aliphatic hydroxyl groups is 2. The fraction of sp³-hybridized carbons (Fsp3) is 0.500. The molecule has 3 heterocycles. The van der Waals surface area contributed by atoms with Gasteiger partial charge in [0.25, 0.3) is 5.91 Å². The minimum absolute atomic E-state index is 0.000922. The van der Waals surface area contributed by atoms with Gasteiger partial charge in [-0.05, 0) is 92.1 Å². The van der Waals surface area contributed by atoms with Crippen LogP contribution in [0.3, 0.4) is 0 Å². The van der Waals surface area contributed by atoms with Crippen molar-refractivity contribution in [2.45, 2.75) is 145 Å². The minimum atomic E-state index is -1.52. The number of rotatable bonds is 22. The number of allylic oxidation sites excluding steroid dienone is 6. The number of pyridine rings is 1. The molecule has 22 heteroatoms. The Bertz CT molecular complexity index is 3130. The first kappa shape index (κ1) is 65.0. The first-order valence-corrected chi connectivity index (χ1v) is 27.7. The number of aromatic nitrogens is 1. The molecule has 3 aromatic rings. The number of hydrogen-bond donors (Lipinski definition) is 6. The predicted octanol–water partition coefficient (Wildman–Crippen LogP) is 7.35. The number of anilines is 1. The molecule has 1 aromatic heterocycles. The van der Waals surface area contributed by atoms with Gasteiger partial charge in [0.05, 0.1) is 47.1 Å². The monoisotopic (exact) mass is 1140 g/mol. The molecule has 0 radical (unpaired) electrons. The number of piperidine rings is 1. The van der Waals surface area contributed by atoms with Gasteiger partial charge in [0.1, 0.15) is 40.2 Å². The average Bonchev–Trinajstić information content (AvgIpc) is 3.09. The third kappa shape index (κ3) is 14.2. The number of amides is 2. The molecule has 2 amide bonds. The number of nitrogens with one attached hydrogen (secondary N) is 2. The van der Waals surface area contributed by atoms with Crippen LogP contribution in [0.15, 0.2) is 64.6 Å². The summed E-state index contributed by atoms with van der Waals surface area (Å²) in [6.07, 6.45) is 9.48. The molecule has 5 atom stereocenters. The molecule has 5 unspecified atom stereocenters. The number of halogens is 1. The zero-order chi connectivity index (χ0) is 61.0. The van der Waals surface area contributed by atoms with Gasteiger partial charge >= 0.3 is 18.2 Å². The molecule has 21 nitrogen and oxygen atoms in total. The number of nitrogens with zero attached hydrogens (tertiary/aromatic N) is 3. The summed E-state index contributed by atoms with van der Waals surface area (Å²) in [6, 6.07) is 0.346. The summed E-state index contributed by atoms with van der Waals surface area (Å²) in [5, 5.41) is 44.3. The molecule has 2 fully saturated rings. The number of carbonyl (C=O) groups excluding carboxylic acids is 6. The number of ether oxygens (including phenoxy) is 4. The highest BCUT2D eigenvalue weighted by atomic mass is 19.1. The van der Waals surface area contributed by atoms with E-state index in [-0.39, 0.29) is 114 Å². The molecule has 0 bridgehead atoms. The van der Waals surface area contributed by atoms with Gasteiger partial charge in [-0.15, -0.1) is 0 Å². The molecule has 0 spiro atoms. The van der Waals surface area contributed by atoms with Crippen LogP contribution in [0, 0.1) is 24.6 Å². The molecule has 2 aromatic carbocycles. The lowest BCUT2D eigenvalue weighted by molar-refractivity contribution is -0.146. The lowest BCUT2D eigenvalue weighted by Crippen LogP contribution is -2.48. The quantitative estimate of drug-likeness (QED) is 0.0248. The van der Waals surface area contributed by atoms with Gasteiger partial charge < -0.3 is 64.4 Å². The number of phenolic OH excluding ortho intramolecular Hbond substituents is 1. The van der Waals surface area contributed by atoms with Gasteiger partial charge in [0.15, 0.2) is 11.6 Å². The number of benzene rings is 2. The highest BCUT2D eigenvalue weighted by molar-refractivity contribution is 6.32. The van der Waals surface area contributed by atoms with E-state index in [1.54, 1.807) is 48.1 Å². The lowest BCUT2D eigenvalue weighted by Gasteiger charge is -2.37. The molecule has 1 saturated carbocycles. The minimum Gasteiger partial charge on any atom is -0.507 e. The summed E-state index contributed by atoms with van der Waals surface area (Å²) in [5.74, 6) is -7.63. The zero-order valence-corrected chi connectivity index (χ0v) is 48.8. The fourth-order valence-corrected chi connectivity index (χ4v) is 10.3. The van der Waals surface area contributed by atoms with E-state index in [4.69, 9.17) is 24.1 Å². The van der Waals surface area contributed by atoms with E-state index in [2.05, 4.69) is 10.6 Å². The summed E-state index contributed by atoms with van der Waals surface area (Å²) >= 11 is 0. The van der Waals surface area contributed by atoms with Crippen molar-refractivity contribution in [3.63, 3.8) is 0 Å². The molecule has 1 saturated heterocycles. The number of aromatic hydroxyl groups is 1. The van der Waals surface area contributed by atoms with Crippen LogP contribution in [0.2, 0.25) is 0 Å². The Balaban J connectivity index is 0.00000301. The number of fused-ring (bicyclic) bond motifs is 4. The molecule has 7 rings (SSSR count). The molecule has 4 aliphatic rings. The normalized spacial score (nSPS) is 17.6. The van der Waals surface area contributed by atoms with Crippen molar-refractivity contribution in [2.24, 2.45) is 11.8 Å². The molecular weight excluding hydrogens is 1070 g/mol. The number of methoxy groups -OCH3 is 1. The Morgan fingerprint density at radius 2 is 1.63 bits per heavy atom. The predicted molar refractivity (Wildman–Crippen MR) is 304 cm³/mol. The van der Waals surface area contributed by atoms with Gasteiger partial charge in [-0.2, -0.15) is 0 Å². The zero-order valence-electron chi connectivity index (χ0n) is 48.8. The van der Waals surface area contributed by atoms with E-state index in [1.807, 2.05) is 26.8 Å². The van der Waals surface area contributed by atoms with E-state index in [0.29, 0.717) is 12.8 Å². The number of phenols is 1. The van der Waals surface area contributed by atoms with Crippen LogP contribution in [0.1, 0.15) is 160 Å². The van der Waals surface area contributed by atoms with Gasteiger partial charge in [-0.1, -0.05) is 45.1 Å². The third-order valence-electron chi connectivity index (χ3n) is 14.5. The van der Waals surface area contributed by atoms with Gasteiger partial charge in [0.2, 0.25) is 28.7 Å². The van der Waals surface area contributed by atoms with Crippen molar-refractivity contribution < 1.29 is 77.3 Å². The molecular formula is C60H78FN5O16. The average molecular weight is 1140 g/mol. The second-order valence-corrected chi connectivity index (χ2v) is 20.4. The Labute approximate surface area is 476 Å². The maximum atomic E-state index is 16.2. The van der Waals surface area contributed by atoms with Crippen LogP contribution in [0.5, 0.6) is 17.2 Å². The van der Waals surface area contributed by atoms with E-state index in [1.165, 1.54) is 52.5 Å². The second kappa shape index (κ2) is 28.7. The molecule has 2 aliphatic carbocycles. The standard InChI is InChI=1S/C57H68FN5O15.C2H6.CH4O/c1-10-23-76-57-51(70)42-40-41(47(66)32(7)52(42)78-57)49(68)43(60-54(71)29(4)14-12-13-28(3)15-18-36(65)24-31(6)77-33(8)64)46(50(40)69)62-21-19-34(20-22-62)55(72)59-30(5)26-61(11-2)45-39(58)25-37-44(53(45)75-9)63(35-16-17-35)27-38(48(37)67)56(73)74;2*1-2/h10,12-14,23,25,27-28,30-31,34-36,57,65-66H,11,15-22,24,26H2,1-9H3,(H,59,72)(H,60,71)(H,73,74);1-2H3;2H,1H3/b13-12+,23-10+,29-14-;;. The summed E-state index contributed by atoms with van der Waals surface area (Å²) in [5.41, 5.74) is -2.71. The number of likely N-dealkylation sites (tertiary alicyclic amines) is 1. The first-order valence-electron chi connectivity index (χ1n) is 27.7.